The summed E-state index contributed by atoms with van der Waals surface area (Å²) in [5.41, 5.74) is 0.782. The molecule has 0 bridgehead atoms. The Morgan fingerprint density at radius 1 is 1.33 bits per heavy atom. The molecule has 9 heavy (non-hydrogen) atoms. The van der Waals surface area contributed by atoms with Crippen LogP contribution in [0.2, 0.25) is 11.6 Å². The third-order valence-electron chi connectivity index (χ3n) is 1.38. The molecule has 0 saturated heterocycles. The average molecular weight is 136 g/mol. The number of hydrogen-bond donors (Lipinski definition) is 0. The van der Waals surface area contributed by atoms with Gasteiger partial charge in [-0.15, -0.1) is 0 Å². The van der Waals surface area contributed by atoms with E-state index in [1.165, 1.54) is 12.5 Å². The van der Waals surface area contributed by atoms with Crippen LogP contribution in [0.1, 0.15) is 13.3 Å². The Hall–Kier alpha value is -0.303. The van der Waals surface area contributed by atoms with E-state index in [4.69, 9.17) is 0 Å². The molecule has 0 aromatic rings. The first kappa shape index (κ1) is 6.81. The molecule has 0 heterocycles. The molecule has 0 aliphatic heterocycles. The van der Waals surface area contributed by atoms with Crippen LogP contribution in [0.4, 0.5) is 0 Å². The summed E-state index contributed by atoms with van der Waals surface area (Å²) in [6, 6.07) is 1.39. The Labute approximate surface area is 59.5 Å². The zero-order valence-corrected chi connectivity index (χ0v) is 6.80. The van der Waals surface area contributed by atoms with Crippen molar-refractivity contribution >= 4 is 9.52 Å². The fourth-order valence-electron chi connectivity index (χ4n) is 0.879. The Kier molecular flexibility index (Phi) is 2.78. The molecule has 0 unspecified atom stereocenters. The highest BCUT2D eigenvalue weighted by molar-refractivity contribution is 6.39. The first-order valence-corrected chi connectivity index (χ1v) is 4.80. The van der Waals surface area contributed by atoms with E-state index in [2.05, 4.69) is 31.2 Å². The van der Waals surface area contributed by atoms with Gasteiger partial charge in [-0.3, -0.25) is 0 Å². The number of rotatable bonds is 3. The molecule has 0 aromatic heterocycles. The minimum absolute atomic E-state index is 0.782. The van der Waals surface area contributed by atoms with Crippen LogP contribution in [0.25, 0.3) is 0 Å². The molecule has 2 radical (unpaired) electrons. The standard InChI is InChI=1S/C8H12Si/c1-2-7-9-8-5-3-4-6-8/h3-6,8H,2,7H2,1H3. The van der Waals surface area contributed by atoms with Crippen LogP contribution in [-0.4, -0.2) is 9.52 Å². The second-order valence-corrected chi connectivity index (χ2v) is 3.82. The van der Waals surface area contributed by atoms with Crippen molar-refractivity contribution in [3.8, 4) is 0 Å². The maximum Gasteiger partial charge on any atom is 0.0518 e. The first-order chi connectivity index (χ1) is 4.43. The minimum Gasteiger partial charge on any atom is -0.0809 e. The highest BCUT2D eigenvalue weighted by Gasteiger charge is 2.01. The zero-order chi connectivity index (χ0) is 6.53. The lowest BCUT2D eigenvalue weighted by molar-refractivity contribution is 1.06. The first-order valence-electron chi connectivity index (χ1n) is 3.52. The number of allylic oxidation sites excluding steroid dienone is 4. The van der Waals surface area contributed by atoms with Gasteiger partial charge in [0.25, 0.3) is 0 Å². The van der Waals surface area contributed by atoms with Crippen molar-refractivity contribution in [2.75, 3.05) is 0 Å². The Morgan fingerprint density at radius 2 is 2.00 bits per heavy atom. The molecular formula is C8H12Si. The monoisotopic (exact) mass is 136 g/mol. The Balaban J connectivity index is 2.13. The summed E-state index contributed by atoms with van der Waals surface area (Å²) in [6.07, 6.45) is 10.2. The Bertz CT molecular complexity index is 113. The van der Waals surface area contributed by atoms with Gasteiger partial charge in [0, 0.05) is 0 Å². The van der Waals surface area contributed by atoms with Crippen LogP contribution >= 0.6 is 0 Å². The van der Waals surface area contributed by atoms with Gasteiger partial charge in [0.2, 0.25) is 0 Å². The second kappa shape index (κ2) is 3.67. The molecule has 0 atom stereocenters. The molecule has 0 aromatic carbocycles. The van der Waals surface area contributed by atoms with Gasteiger partial charge in [0.15, 0.2) is 0 Å². The van der Waals surface area contributed by atoms with Crippen LogP contribution in [0.15, 0.2) is 24.3 Å². The SMILES string of the molecule is CCC[Si]C1C=CC=C1. The van der Waals surface area contributed by atoms with E-state index < -0.39 is 0 Å². The summed E-state index contributed by atoms with van der Waals surface area (Å²) in [7, 11) is 1.11. The van der Waals surface area contributed by atoms with Gasteiger partial charge in [0.05, 0.1) is 9.52 Å². The van der Waals surface area contributed by atoms with Crippen molar-refractivity contribution in [3.63, 3.8) is 0 Å². The normalized spacial score (nSPS) is 17.4. The van der Waals surface area contributed by atoms with E-state index >= 15 is 0 Å². The van der Waals surface area contributed by atoms with Crippen LogP contribution in [0, 0.1) is 0 Å². The molecule has 1 heteroatoms. The number of hydrogen-bond acceptors (Lipinski definition) is 0. The molecular weight excluding hydrogens is 124 g/mol. The summed E-state index contributed by atoms with van der Waals surface area (Å²) in [6.45, 7) is 2.25. The van der Waals surface area contributed by atoms with Gasteiger partial charge < -0.3 is 0 Å². The van der Waals surface area contributed by atoms with E-state index in [0.29, 0.717) is 0 Å². The summed E-state index contributed by atoms with van der Waals surface area (Å²) in [4.78, 5) is 0. The Morgan fingerprint density at radius 3 is 2.56 bits per heavy atom. The molecule has 0 N–H and O–H groups in total. The van der Waals surface area contributed by atoms with Crippen molar-refractivity contribution in [2.24, 2.45) is 0 Å². The van der Waals surface area contributed by atoms with Gasteiger partial charge in [-0.05, 0) is 5.54 Å². The molecule has 0 spiro atoms. The molecule has 1 rings (SSSR count). The van der Waals surface area contributed by atoms with Crippen LogP contribution < -0.4 is 0 Å². The summed E-state index contributed by atoms with van der Waals surface area (Å²) in [5, 5.41) is 0. The van der Waals surface area contributed by atoms with Gasteiger partial charge in [-0.25, -0.2) is 0 Å². The average Bonchev–Trinajstić information content (AvgIpc) is 2.34. The fraction of sp³-hybridized carbons (Fsp3) is 0.500. The van der Waals surface area contributed by atoms with Crippen LogP contribution in [-0.2, 0) is 0 Å². The fourth-order valence-corrected chi connectivity index (χ4v) is 2.00. The lowest BCUT2D eigenvalue weighted by Gasteiger charge is -1.99. The largest absolute Gasteiger partial charge is 0.0809 e. The van der Waals surface area contributed by atoms with Gasteiger partial charge in [-0.2, -0.15) is 0 Å². The van der Waals surface area contributed by atoms with Crippen molar-refractivity contribution < 1.29 is 0 Å². The molecule has 1 aliphatic carbocycles. The molecule has 0 amide bonds. The molecule has 0 fully saturated rings. The summed E-state index contributed by atoms with van der Waals surface area (Å²) < 4.78 is 0. The van der Waals surface area contributed by atoms with E-state index in [9.17, 15) is 0 Å². The highest BCUT2D eigenvalue weighted by Crippen LogP contribution is 2.15. The highest BCUT2D eigenvalue weighted by atomic mass is 28.2. The second-order valence-electron chi connectivity index (χ2n) is 2.25. The third kappa shape index (κ3) is 2.18. The van der Waals surface area contributed by atoms with Crippen LogP contribution in [0.5, 0.6) is 0 Å². The maximum absolute atomic E-state index is 2.29. The van der Waals surface area contributed by atoms with E-state index in [-0.39, 0.29) is 0 Å². The third-order valence-corrected chi connectivity index (χ3v) is 3.02. The lowest BCUT2D eigenvalue weighted by Crippen LogP contribution is -1.93. The van der Waals surface area contributed by atoms with Crippen molar-refractivity contribution in [1.29, 1.82) is 0 Å². The molecule has 48 valence electrons. The summed E-state index contributed by atoms with van der Waals surface area (Å²) in [5.74, 6) is 0. The van der Waals surface area contributed by atoms with Gasteiger partial charge in [0.1, 0.15) is 0 Å². The van der Waals surface area contributed by atoms with Crippen molar-refractivity contribution in [1.82, 2.24) is 0 Å². The predicted octanol–water partition coefficient (Wildman–Crippen LogP) is 2.43. The minimum atomic E-state index is 0.782. The van der Waals surface area contributed by atoms with E-state index in [1.807, 2.05) is 0 Å². The molecule has 1 aliphatic rings. The quantitative estimate of drug-likeness (QED) is 0.523. The summed E-state index contributed by atoms with van der Waals surface area (Å²) >= 11 is 0. The van der Waals surface area contributed by atoms with E-state index in [1.54, 1.807) is 0 Å². The van der Waals surface area contributed by atoms with Gasteiger partial charge >= 0.3 is 0 Å². The smallest absolute Gasteiger partial charge is 0.0518 e. The van der Waals surface area contributed by atoms with Crippen LogP contribution in [0.3, 0.4) is 0 Å². The molecule has 0 nitrogen and oxygen atoms in total. The predicted molar refractivity (Wildman–Crippen MR) is 42.9 cm³/mol. The van der Waals surface area contributed by atoms with Gasteiger partial charge in [-0.1, -0.05) is 43.7 Å². The maximum atomic E-state index is 2.29. The molecule has 0 saturated carbocycles. The van der Waals surface area contributed by atoms with Crippen molar-refractivity contribution in [2.45, 2.75) is 24.9 Å². The van der Waals surface area contributed by atoms with E-state index in [0.717, 1.165) is 15.1 Å². The van der Waals surface area contributed by atoms with Crippen molar-refractivity contribution in [3.05, 3.63) is 24.3 Å². The zero-order valence-electron chi connectivity index (χ0n) is 5.80. The lowest BCUT2D eigenvalue weighted by atomic mass is 10.5. The topological polar surface area (TPSA) is 0 Å².